The maximum atomic E-state index is 13.4. The number of carbonyl (C=O) groups is 4. The van der Waals surface area contributed by atoms with Gasteiger partial charge in [-0.05, 0) is 0 Å². The number of alkyl halides is 10. The highest BCUT2D eigenvalue weighted by atomic mass is 19.4. The summed E-state index contributed by atoms with van der Waals surface area (Å²) in [5.41, 5.74) is -1.66. The van der Waals surface area contributed by atoms with Crippen LogP contribution in [0.1, 0.15) is 12.8 Å². The number of esters is 1. The van der Waals surface area contributed by atoms with Crippen molar-refractivity contribution >= 4 is 23.9 Å². The van der Waals surface area contributed by atoms with Crippen LogP contribution in [-0.2, 0) is 23.9 Å². The lowest BCUT2D eigenvalue weighted by Crippen LogP contribution is -2.80. The molecule has 0 unspecified atom stereocenters. The molecule has 1 aliphatic rings. The minimum absolute atomic E-state index is 0.303. The first-order valence-corrected chi connectivity index (χ1v) is 8.02. The topological polar surface area (TPSA) is 138 Å². The van der Waals surface area contributed by atoms with Gasteiger partial charge >= 0.3 is 53.5 Å². The van der Waals surface area contributed by atoms with Crippen LogP contribution >= 0.6 is 0 Å². The molecule has 0 spiro atoms. The number of hydrogen-bond acceptors (Lipinski definition) is 5. The number of rotatable bonds is 7. The van der Waals surface area contributed by atoms with Gasteiger partial charge in [0.15, 0.2) is 0 Å². The Hall–Kier alpha value is -3.34. The predicted molar refractivity (Wildman–Crippen MR) is 85.0 cm³/mol. The average molecular weight is 522 g/mol. The fourth-order valence-electron chi connectivity index (χ4n) is 2.02. The molecule has 0 aliphatic heterocycles. The highest BCUT2D eigenvalue weighted by molar-refractivity contribution is 5.93. The van der Waals surface area contributed by atoms with Gasteiger partial charge in [-0.15, -0.1) is 0 Å². The minimum Gasteiger partial charge on any atom is -0.481 e. The highest BCUT2D eigenvalue weighted by Crippen LogP contribution is 2.65. The van der Waals surface area contributed by atoms with Gasteiger partial charge in [0.2, 0.25) is 6.10 Å². The summed E-state index contributed by atoms with van der Waals surface area (Å²) in [6.45, 7) is 5.60. The second-order valence-electron chi connectivity index (χ2n) is 6.41. The fraction of sp³-hybridized carbons (Fsp3) is 0.500. The number of hydrogen-bond donors (Lipinski definition) is 3. The van der Waals surface area contributed by atoms with Gasteiger partial charge in [0, 0.05) is 11.1 Å². The van der Waals surface area contributed by atoms with Gasteiger partial charge in [0.1, 0.15) is 0 Å². The van der Waals surface area contributed by atoms with Crippen molar-refractivity contribution in [2.45, 2.75) is 48.6 Å². The standard InChI is InChI=1S/C11H6F10O4.C5H6O4/c1-3(2-4(22)23)5(24)25-6-7(12,13)9(16,17)11(20,21)10(18,19)8(6,14)15;1-3(5(8)9)2-4(6)7/h6H,1-2H2,(H,22,23);1-2H2,(H,6,7)(H,8,9). The van der Waals surface area contributed by atoms with E-state index in [2.05, 4.69) is 17.9 Å². The lowest BCUT2D eigenvalue weighted by atomic mass is 9.80. The molecule has 8 nitrogen and oxygen atoms in total. The molecule has 3 N–H and O–H groups in total. The molecule has 18 heteroatoms. The summed E-state index contributed by atoms with van der Waals surface area (Å²) in [4.78, 5) is 41.1. The Labute approximate surface area is 181 Å². The van der Waals surface area contributed by atoms with Crippen LogP contribution in [0.5, 0.6) is 0 Å². The zero-order chi connectivity index (χ0) is 27.7. The van der Waals surface area contributed by atoms with Gasteiger partial charge < -0.3 is 20.1 Å². The van der Waals surface area contributed by atoms with E-state index >= 15 is 0 Å². The SMILES string of the molecule is C=C(CC(=O)O)C(=O)O.C=C(CC(=O)O)C(=O)OC1C(F)(F)C(F)(F)C(F)(F)C(F)(F)C1(F)F. The van der Waals surface area contributed by atoms with Crippen LogP contribution in [0.25, 0.3) is 0 Å². The summed E-state index contributed by atoms with van der Waals surface area (Å²) < 4.78 is 135. The first-order chi connectivity index (χ1) is 14.9. The van der Waals surface area contributed by atoms with Crippen LogP contribution in [0.4, 0.5) is 43.9 Å². The van der Waals surface area contributed by atoms with Crippen molar-refractivity contribution in [1.29, 1.82) is 0 Å². The first-order valence-electron chi connectivity index (χ1n) is 8.02. The number of carbonyl (C=O) groups excluding carboxylic acids is 1. The van der Waals surface area contributed by atoms with Gasteiger partial charge in [-0.2, -0.15) is 43.9 Å². The first kappa shape index (κ1) is 30.7. The molecule has 1 fully saturated rings. The molecule has 0 bridgehead atoms. The molecule has 1 aliphatic carbocycles. The van der Waals surface area contributed by atoms with Crippen LogP contribution in [0.3, 0.4) is 0 Å². The van der Waals surface area contributed by atoms with Crippen molar-refractivity contribution in [2.75, 3.05) is 0 Å². The monoisotopic (exact) mass is 522 g/mol. The summed E-state index contributed by atoms with van der Waals surface area (Å²) >= 11 is 0. The molecule has 0 aromatic heterocycles. The Morgan fingerprint density at radius 3 is 1.24 bits per heavy atom. The lowest BCUT2D eigenvalue weighted by molar-refractivity contribution is -0.468. The number of carboxylic acid groups (broad SMARTS) is 3. The van der Waals surface area contributed by atoms with E-state index in [1.54, 1.807) is 0 Å². The molecule has 194 valence electrons. The summed E-state index contributed by atoms with van der Waals surface area (Å²) in [5, 5.41) is 24.4. The van der Waals surface area contributed by atoms with Crippen LogP contribution in [0.2, 0.25) is 0 Å². The van der Waals surface area contributed by atoms with Crippen molar-refractivity contribution in [1.82, 2.24) is 0 Å². The number of halogens is 10. The van der Waals surface area contributed by atoms with E-state index in [1.165, 1.54) is 0 Å². The Bertz CT molecular complexity index is 866. The zero-order valence-electron chi connectivity index (χ0n) is 16.1. The quantitative estimate of drug-likeness (QED) is 0.263. The number of carboxylic acids is 3. The normalized spacial score (nSPS) is 21.2. The van der Waals surface area contributed by atoms with E-state index < -0.39 is 78.0 Å². The molecule has 0 amide bonds. The molecule has 0 radical (unpaired) electrons. The molecule has 0 heterocycles. The number of aliphatic carboxylic acids is 3. The molecule has 0 saturated heterocycles. The minimum atomic E-state index is -7.19. The second kappa shape index (κ2) is 9.49. The van der Waals surface area contributed by atoms with Crippen LogP contribution in [0.15, 0.2) is 24.3 Å². The van der Waals surface area contributed by atoms with Gasteiger partial charge in [0.05, 0.1) is 12.8 Å². The maximum Gasteiger partial charge on any atom is 0.384 e. The predicted octanol–water partition coefficient (Wildman–Crippen LogP) is 3.22. The smallest absolute Gasteiger partial charge is 0.384 e. The van der Waals surface area contributed by atoms with Crippen molar-refractivity contribution < 1.29 is 83.1 Å². The van der Waals surface area contributed by atoms with E-state index in [0.29, 0.717) is 0 Å². The van der Waals surface area contributed by atoms with E-state index in [0.717, 1.165) is 0 Å². The van der Waals surface area contributed by atoms with E-state index in [4.69, 9.17) is 15.3 Å². The van der Waals surface area contributed by atoms with Gasteiger partial charge in [-0.25, -0.2) is 9.59 Å². The van der Waals surface area contributed by atoms with Crippen LogP contribution in [-0.4, -0.2) is 74.9 Å². The molecule has 0 aromatic rings. The third kappa shape index (κ3) is 5.24. The van der Waals surface area contributed by atoms with Crippen LogP contribution in [0, 0.1) is 0 Å². The molecule has 0 aromatic carbocycles. The third-order valence-electron chi connectivity index (χ3n) is 3.83. The highest BCUT2D eigenvalue weighted by Gasteiger charge is 2.96. The van der Waals surface area contributed by atoms with Gasteiger partial charge in [0.25, 0.3) is 0 Å². The molecular formula is C16H12F10O8. The Balaban J connectivity index is 0.00000102. The number of ether oxygens (including phenoxy) is 1. The maximum absolute atomic E-state index is 13.4. The second-order valence-corrected chi connectivity index (χ2v) is 6.41. The van der Waals surface area contributed by atoms with E-state index in [1.807, 2.05) is 0 Å². The Morgan fingerprint density at radius 1 is 0.647 bits per heavy atom. The largest absolute Gasteiger partial charge is 0.481 e. The van der Waals surface area contributed by atoms with Crippen molar-refractivity contribution in [3.63, 3.8) is 0 Å². The summed E-state index contributed by atoms with van der Waals surface area (Å²) in [7, 11) is 0. The summed E-state index contributed by atoms with van der Waals surface area (Å²) in [6, 6.07) is 0. The molecule has 1 saturated carbocycles. The van der Waals surface area contributed by atoms with Crippen LogP contribution < -0.4 is 0 Å². The van der Waals surface area contributed by atoms with Gasteiger partial charge in [-0.3, -0.25) is 9.59 Å². The van der Waals surface area contributed by atoms with Crippen molar-refractivity contribution in [3.8, 4) is 0 Å². The van der Waals surface area contributed by atoms with Gasteiger partial charge in [-0.1, -0.05) is 13.2 Å². The Kier molecular flexibility index (Phi) is 8.56. The fourth-order valence-corrected chi connectivity index (χ4v) is 2.02. The zero-order valence-corrected chi connectivity index (χ0v) is 16.1. The van der Waals surface area contributed by atoms with Crippen molar-refractivity contribution in [3.05, 3.63) is 24.3 Å². The van der Waals surface area contributed by atoms with Crippen molar-refractivity contribution in [2.24, 2.45) is 0 Å². The Morgan fingerprint density at radius 2 is 0.971 bits per heavy atom. The molecule has 34 heavy (non-hydrogen) atoms. The van der Waals surface area contributed by atoms with E-state index in [9.17, 15) is 63.1 Å². The van der Waals surface area contributed by atoms with E-state index in [-0.39, 0.29) is 5.57 Å². The molecule has 1 rings (SSSR count). The molecule has 0 atom stereocenters. The lowest BCUT2D eigenvalue weighted by Gasteiger charge is -2.48. The average Bonchev–Trinajstić information content (AvgIpc) is 2.63. The summed E-state index contributed by atoms with van der Waals surface area (Å²) in [5.74, 6) is -41.3. The molecular weight excluding hydrogens is 510 g/mol. The third-order valence-corrected chi connectivity index (χ3v) is 3.83. The summed E-state index contributed by atoms with van der Waals surface area (Å²) in [6.07, 6.45) is -6.93.